The highest BCUT2D eigenvalue weighted by Crippen LogP contribution is 2.25. The SMILES string of the molecule is COc1ccccc1CC(NC1=NCCN1)c1ccccc1. The second-order valence-electron chi connectivity index (χ2n) is 5.28. The minimum Gasteiger partial charge on any atom is -0.496 e. The molecule has 114 valence electrons. The van der Waals surface area contributed by atoms with E-state index in [0.717, 1.165) is 31.2 Å². The number of methoxy groups -OCH3 is 1. The predicted molar refractivity (Wildman–Crippen MR) is 89.3 cm³/mol. The number of para-hydroxylation sites is 1. The number of rotatable bonds is 5. The molecule has 2 aromatic rings. The van der Waals surface area contributed by atoms with Gasteiger partial charge in [-0.3, -0.25) is 4.99 Å². The molecule has 2 aromatic carbocycles. The van der Waals surface area contributed by atoms with E-state index in [4.69, 9.17) is 4.74 Å². The zero-order chi connectivity index (χ0) is 15.2. The summed E-state index contributed by atoms with van der Waals surface area (Å²) in [5, 5.41) is 6.79. The van der Waals surface area contributed by atoms with Crippen molar-refractivity contribution in [2.24, 2.45) is 4.99 Å². The molecular formula is C18H21N3O. The highest BCUT2D eigenvalue weighted by atomic mass is 16.5. The lowest BCUT2D eigenvalue weighted by Crippen LogP contribution is -2.37. The molecule has 2 N–H and O–H groups in total. The van der Waals surface area contributed by atoms with Crippen molar-refractivity contribution in [2.75, 3.05) is 20.2 Å². The highest BCUT2D eigenvalue weighted by Gasteiger charge is 2.17. The monoisotopic (exact) mass is 295 g/mol. The smallest absolute Gasteiger partial charge is 0.191 e. The Morgan fingerprint density at radius 2 is 1.91 bits per heavy atom. The topological polar surface area (TPSA) is 45.6 Å². The van der Waals surface area contributed by atoms with Gasteiger partial charge >= 0.3 is 0 Å². The molecule has 1 aliphatic heterocycles. The van der Waals surface area contributed by atoms with Gasteiger partial charge in [0.25, 0.3) is 0 Å². The first kappa shape index (κ1) is 14.4. The Kier molecular flexibility index (Phi) is 4.59. The second-order valence-corrected chi connectivity index (χ2v) is 5.28. The van der Waals surface area contributed by atoms with Crippen LogP contribution in [0.4, 0.5) is 0 Å². The van der Waals surface area contributed by atoms with Crippen LogP contribution in [0.5, 0.6) is 5.75 Å². The minimum atomic E-state index is 0.154. The molecule has 0 saturated carbocycles. The molecule has 0 aromatic heterocycles. The Labute approximate surface area is 131 Å². The van der Waals surface area contributed by atoms with Crippen molar-refractivity contribution in [3.8, 4) is 5.75 Å². The van der Waals surface area contributed by atoms with Gasteiger partial charge in [-0.25, -0.2) is 0 Å². The quantitative estimate of drug-likeness (QED) is 0.891. The number of guanidine groups is 1. The lowest BCUT2D eigenvalue weighted by Gasteiger charge is -2.21. The number of ether oxygens (including phenoxy) is 1. The third kappa shape index (κ3) is 3.39. The van der Waals surface area contributed by atoms with Crippen LogP contribution in [0.1, 0.15) is 17.2 Å². The zero-order valence-electron chi connectivity index (χ0n) is 12.8. The Morgan fingerprint density at radius 3 is 2.64 bits per heavy atom. The highest BCUT2D eigenvalue weighted by molar-refractivity contribution is 5.81. The zero-order valence-corrected chi connectivity index (χ0v) is 12.8. The first-order chi connectivity index (χ1) is 10.9. The van der Waals surface area contributed by atoms with E-state index in [9.17, 15) is 0 Å². The first-order valence-corrected chi connectivity index (χ1v) is 7.58. The Morgan fingerprint density at radius 1 is 1.14 bits per heavy atom. The molecule has 0 radical (unpaired) electrons. The van der Waals surface area contributed by atoms with Gasteiger partial charge in [-0.2, -0.15) is 0 Å². The van der Waals surface area contributed by atoms with E-state index in [1.807, 2.05) is 24.3 Å². The molecule has 22 heavy (non-hydrogen) atoms. The van der Waals surface area contributed by atoms with Crippen molar-refractivity contribution in [2.45, 2.75) is 12.5 Å². The molecule has 0 saturated heterocycles. The van der Waals surface area contributed by atoms with Gasteiger partial charge in [-0.1, -0.05) is 48.5 Å². The first-order valence-electron chi connectivity index (χ1n) is 7.58. The van der Waals surface area contributed by atoms with Crippen molar-refractivity contribution >= 4 is 5.96 Å². The third-order valence-electron chi connectivity index (χ3n) is 3.80. The molecule has 4 heteroatoms. The maximum absolute atomic E-state index is 5.48. The summed E-state index contributed by atoms with van der Waals surface area (Å²) < 4.78 is 5.48. The Balaban J connectivity index is 1.84. The summed E-state index contributed by atoms with van der Waals surface area (Å²) in [6, 6.07) is 18.8. The van der Waals surface area contributed by atoms with Crippen LogP contribution >= 0.6 is 0 Å². The van der Waals surface area contributed by atoms with Gasteiger partial charge in [-0.05, 0) is 17.2 Å². The fraction of sp³-hybridized carbons (Fsp3) is 0.278. The summed E-state index contributed by atoms with van der Waals surface area (Å²) >= 11 is 0. The summed E-state index contributed by atoms with van der Waals surface area (Å²) in [4.78, 5) is 4.45. The summed E-state index contributed by atoms with van der Waals surface area (Å²) in [5.74, 6) is 1.80. The maximum atomic E-state index is 5.48. The van der Waals surface area contributed by atoms with Crippen LogP contribution in [0.3, 0.4) is 0 Å². The molecule has 1 aliphatic rings. The predicted octanol–water partition coefficient (Wildman–Crippen LogP) is 2.53. The normalized spacial score (nSPS) is 14.9. The van der Waals surface area contributed by atoms with Crippen LogP contribution in [-0.2, 0) is 6.42 Å². The molecular weight excluding hydrogens is 274 g/mol. The number of aliphatic imine (C=N–C) groups is 1. The molecule has 3 rings (SSSR count). The molecule has 1 heterocycles. The molecule has 0 amide bonds. The molecule has 0 aliphatic carbocycles. The fourth-order valence-corrected chi connectivity index (χ4v) is 2.69. The molecule has 1 unspecified atom stereocenters. The van der Waals surface area contributed by atoms with E-state index >= 15 is 0 Å². The van der Waals surface area contributed by atoms with Crippen molar-refractivity contribution in [3.63, 3.8) is 0 Å². The van der Waals surface area contributed by atoms with Crippen LogP contribution in [0.2, 0.25) is 0 Å². The largest absolute Gasteiger partial charge is 0.496 e. The summed E-state index contributed by atoms with van der Waals surface area (Å²) in [6.45, 7) is 1.73. The van der Waals surface area contributed by atoms with Gasteiger partial charge < -0.3 is 15.4 Å². The number of hydrogen-bond donors (Lipinski definition) is 2. The molecule has 0 fully saturated rings. The van der Waals surface area contributed by atoms with Crippen molar-refractivity contribution < 1.29 is 4.74 Å². The number of nitrogens with zero attached hydrogens (tertiary/aromatic N) is 1. The van der Waals surface area contributed by atoms with Crippen LogP contribution in [0.25, 0.3) is 0 Å². The van der Waals surface area contributed by atoms with Gasteiger partial charge in [0.15, 0.2) is 5.96 Å². The van der Waals surface area contributed by atoms with E-state index < -0.39 is 0 Å². The van der Waals surface area contributed by atoms with Crippen molar-refractivity contribution in [1.82, 2.24) is 10.6 Å². The Bertz CT molecular complexity index is 640. The maximum Gasteiger partial charge on any atom is 0.191 e. The van der Waals surface area contributed by atoms with Gasteiger partial charge in [-0.15, -0.1) is 0 Å². The third-order valence-corrected chi connectivity index (χ3v) is 3.80. The molecule has 1 atom stereocenters. The van der Waals surface area contributed by atoms with Crippen LogP contribution in [-0.4, -0.2) is 26.2 Å². The van der Waals surface area contributed by atoms with E-state index in [-0.39, 0.29) is 6.04 Å². The van der Waals surface area contributed by atoms with E-state index in [1.165, 1.54) is 11.1 Å². The summed E-state index contributed by atoms with van der Waals surface area (Å²) in [6.07, 6.45) is 0.842. The van der Waals surface area contributed by atoms with Crippen LogP contribution < -0.4 is 15.4 Å². The number of benzene rings is 2. The van der Waals surface area contributed by atoms with E-state index in [0.29, 0.717) is 0 Å². The molecule has 4 nitrogen and oxygen atoms in total. The number of nitrogens with one attached hydrogen (secondary N) is 2. The van der Waals surface area contributed by atoms with Gasteiger partial charge in [0.05, 0.1) is 19.7 Å². The lowest BCUT2D eigenvalue weighted by atomic mass is 9.98. The summed E-state index contributed by atoms with van der Waals surface area (Å²) in [5.41, 5.74) is 2.43. The van der Waals surface area contributed by atoms with Crippen molar-refractivity contribution in [3.05, 3.63) is 65.7 Å². The fourth-order valence-electron chi connectivity index (χ4n) is 2.69. The van der Waals surface area contributed by atoms with Gasteiger partial charge in [0, 0.05) is 13.0 Å². The summed E-state index contributed by atoms with van der Waals surface area (Å²) in [7, 11) is 1.71. The average Bonchev–Trinajstić information content (AvgIpc) is 3.08. The van der Waals surface area contributed by atoms with E-state index in [1.54, 1.807) is 7.11 Å². The average molecular weight is 295 g/mol. The molecule has 0 spiro atoms. The molecule has 0 bridgehead atoms. The lowest BCUT2D eigenvalue weighted by molar-refractivity contribution is 0.407. The van der Waals surface area contributed by atoms with Crippen molar-refractivity contribution in [1.29, 1.82) is 0 Å². The van der Waals surface area contributed by atoms with Gasteiger partial charge in [0.2, 0.25) is 0 Å². The minimum absolute atomic E-state index is 0.154. The van der Waals surface area contributed by atoms with Crippen LogP contribution in [0.15, 0.2) is 59.6 Å². The number of hydrogen-bond acceptors (Lipinski definition) is 4. The van der Waals surface area contributed by atoms with Gasteiger partial charge in [0.1, 0.15) is 5.75 Å². The Hall–Kier alpha value is -2.49. The standard InChI is InChI=1S/C18H21N3O/c1-22-17-10-6-5-9-15(17)13-16(14-7-3-2-4-8-14)21-18-19-11-12-20-18/h2-10,16H,11-13H2,1H3,(H2,19,20,21). The second kappa shape index (κ2) is 6.98. The van der Waals surface area contributed by atoms with E-state index in [2.05, 4.69) is 46.0 Å². The van der Waals surface area contributed by atoms with Crippen LogP contribution in [0, 0.1) is 0 Å².